The van der Waals surface area contributed by atoms with Crippen molar-refractivity contribution in [3.8, 4) is 17.2 Å². The Balaban J connectivity index is 0.00000280. The van der Waals surface area contributed by atoms with Gasteiger partial charge in [0.2, 0.25) is 11.7 Å². The van der Waals surface area contributed by atoms with E-state index in [1.807, 2.05) is 4.90 Å². The molecule has 2 aromatic rings. The lowest BCUT2D eigenvalue weighted by atomic mass is 10.2. The van der Waals surface area contributed by atoms with Gasteiger partial charge in [-0.3, -0.25) is 0 Å². The van der Waals surface area contributed by atoms with Gasteiger partial charge in [0.1, 0.15) is 0 Å². The van der Waals surface area contributed by atoms with Crippen molar-refractivity contribution in [2.75, 3.05) is 45.3 Å². The first kappa shape index (κ1) is 21.8. The first-order valence-corrected chi connectivity index (χ1v) is 8.63. The number of methoxy groups -OCH3 is 2. The normalized spacial score (nSPS) is 14.4. The number of hydrogen-bond donors (Lipinski definition) is 2. The number of rotatable bonds is 5. The van der Waals surface area contributed by atoms with Crippen LogP contribution in [-0.2, 0) is 6.54 Å². The third-order valence-corrected chi connectivity index (χ3v) is 4.40. The average Bonchev–Trinajstić information content (AvgIpc) is 2.73. The molecule has 1 fully saturated rings. The molecule has 1 saturated heterocycles. The molecule has 152 valence electrons. The fraction of sp³-hybridized carbons (Fsp3) is 0.389. The van der Waals surface area contributed by atoms with Crippen LogP contribution in [0.15, 0.2) is 35.6 Å². The van der Waals surface area contributed by atoms with E-state index < -0.39 is 0 Å². The van der Waals surface area contributed by atoms with Crippen LogP contribution >= 0.6 is 24.0 Å². The summed E-state index contributed by atoms with van der Waals surface area (Å²) in [6.45, 7) is 3.41. The molecule has 0 bridgehead atoms. The summed E-state index contributed by atoms with van der Waals surface area (Å²) < 4.78 is 10.3. The van der Waals surface area contributed by atoms with Crippen molar-refractivity contribution in [3.63, 3.8) is 0 Å². The summed E-state index contributed by atoms with van der Waals surface area (Å²) in [5, 5.41) is 9.98. The molecule has 3 N–H and O–H groups in total. The Kier molecular flexibility index (Phi) is 7.91. The van der Waals surface area contributed by atoms with Gasteiger partial charge in [-0.1, -0.05) is 0 Å². The average molecular weight is 500 g/mol. The molecule has 0 spiro atoms. The van der Waals surface area contributed by atoms with Crippen LogP contribution in [0.1, 0.15) is 5.56 Å². The Morgan fingerprint density at radius 1 is 1.11 bits per heavy atom. The molecule has 28 heavy (non-hydrogen) atoms. The molecule has 0 unspecified atom stereocenters. The first-order valence-electron chi connectivity index (χ1n) is 8.63. The molecular formula is C18H25IN6O3. The van der Waals surface area contributed by atoms with Crippen LogP contribution < -0.4 is 20.1 Å². The number of phenolic OH excluding ortho intramolecular Hbond substituents is 1. The summed E-state index contributed by atoms with van der Waals surface area (Å²) in [6, 6.07) is 5.25. The summed E-state index contributed by atoms with van der Waals surface area (Å²) in [6.07, 6.45) is 3.48. The van der Waals surface area contributed by atoms with E-state index >= 15 is 0 Å². The third-order valence-electron chi connectivity index (χ3n) is 4.40. The fourth-order valence-corrected chi connectivity index (χ4v) is 2.90. The number of nitrogens with zero attached hydrogens (tertiary/aromatic N) is 5. The van der Waals surface area contributed by atoms with E-state index in [9.17, 15) is 5.11 Å². The van der Waals surface area contributed by atoms with Gasteiger partial charge in [-0.15, -0.1) is 24.0 Å². The van der Waals surface area contributed by atoms with Crippen LogP contribution in [0.4, 0.5) is 5.95 Å². The van der Waals surface area contributed by atoms with Crippen LogP contribution in [0, 0.1) is 0 Å². The largest absolute Gasteiger partial charge is 0.502 e. The molecule has 0 atom stereocenters. The lowest BCUT2D eigenvalue weighted by Crippen LogP contribution is -2.51. The smallest absolute Gasteiger partial charge is 0.225 e. The molecule has 10 heteroatoms. The van der Waals surface area contributed by atoms with Crippen molar-refractivity contribution >= 4 is 35.9 Å². The van der Waals surface area contributed by atoms with E-state index in [2.05, 4.69) is 19.9 Å². The van der Waals surface area contributed by atoms with Gasteiger partial charge in [0.25, 0.3) is 0 Å². The predicted molar refractivity (Wildman–Crippen MR) is 118 cm³/mol. The quantitative estimate of drug-likeness (QED) is 0.361. The minimum atomic E-state index is -0.0278. The predicted octanol–water partition coefficient (Wildman–Crippen LogP) is 1.45. The van der Waals surface area contributed by atoms with E-state index in [4.69, 9.17) is 15.2 Å². The van der Waals surface area contributed by atoms with Crippen LogP contribution in [0.2, 0.25) is 0 Å². The molecule has 1 aliphatic rings. The molecular weight excluding hydrogens is 475 g/mol. The van der Waals surface area contributed by atoms with Crippen molar-refractivity contribution in [1.82, 2.24) is 14.9 Å². The number of piperazine rings is 1. The number of nitrogens with two attached hydrogens (primary N) is 1. The summed E-state index contributed by atoms with van der Waals surface area (Å²) in [7, 11) is 2.98. The minimum absolute atomic E-state index is 0. The van der Waals surface area contributed by atoms with Gasteiger partial charge in [0.05, 0.1) is 20.8 Å². The second-order valence-corrected chi connectivity index (χ2v) is 6.05. The highest BCUT2D eigenvalue weighted by atomic mass is 127. The van der Waals surface area contributed by atoms with E-state index in [1.54, 1.807) is 30.6 Å². The van der Waals surface area contributed by atoms with Gasteiger partial charge in [0, 0.05) is 38.6 Å². The van der Waals surface area contributed by atoms with Gasteiger partial charge in [0.15, 0.2) is 17.5 Å². The highest BCUT2D eigenvalue weighted by Crippen LogP contribution is 2.37. The topological polar surface area (TPSA) is 109 Å². The second-order valence-electron chi connectivity index (χ2n) is 6.05. The Bertz CT molecular complexity index is 772. The second kappa shape index (κ2) is 10.2. The highest BCUT2D eigenvalue weighted by Gasteiger charge is 2.20. The molecule has 0 aliphatic carbocycles. The van der Waals surface area contributed by atoms with Crippen molar-refractivity contribution < 1.29 is 14.6 Å². The molecule has 2 heterocycles. The van der Waals surface area contributed by atoms with Crippen LogP contribution in [0.5, 0.6) is 17.2 Å². The lowest BCUT2D eigenvalue weighted by molar-refractivity contribution is 0.339. The van der Waals surface area contributed by atoms with E-state index in [0.29, 0.717) is 24.0 Å². The maximum absolute atomic E-state index is 9.98. The van der Waals surface area contributed by atoms with Gasteiger partial charge in [-0.05, 0) is 23.8 Å². The number of aromatic hydroxyl groups is 1. The van der Waals surface area contributed by atoms with Crippen molar-refractivity contribution in [3.05, 3.63) is 36.2 Å². The molecule has 3 rings (SSSR count). The lowest BCUT2D eigenvalue weighted by Gasteiger charge is -2.35. The minimum Gasteiger partial charge on any atom is -0.502 e. The van der Waals surface area contributed by atoms with Gasteiger partial charge >= 0.3 is 0 Å². The zero-order chi connectivity index (χ0) is 19.2. The number of halogens is 1. The molecule has 1 aromatic carbocycles. The number of aliphatic imine (C=N–C) groups is 1. The molecule has 9 nitrogen and oxygen atoms in total. The number of hydrogen-bond acceptors (Lipinski definition) is 7. The van der Waals surface area contributed by atoms with E-state index in [-0.39, 0.29) is 29.7 Å². The van der Waals surface area contributed by atoms with Crippen molar-refractivity contribution in [2.24, 2.45) is 10.7 Å². The maximum atomic E-state index is 9.98. The number of benzene rings is 1. The van der Waals surface area contributed by atoms with E-state index in [0.717, 1.165) is 37.7 Å². The molecule has 1 aliphatic heterocycles. The highest BCUT2D eigenvalue weighted by molar-refractivity contribution is 14.0. The van der Waals surface area contributed by atoms with Crippen molar-refractivity contribution in [2.45, 2.75) is 6.54 Å². The number of ether oxygens (including phenoxy) is 2. The van der Waals surface area contributed by atoms with E-state index in [1.165, 1.54) is 14.2 Å². The standard InChI is InChI=1S/C18H24N6O3.HI/c1-26-14-10-13(11-15(27-2)16(14)25)12-22-17(19)23-6-8-24(9-7-23)18-20-4-3-5-21-18;/h3-5,10-11,25H,6-9,12H2,1-2H3,(H2,19,22);1H. The fourth-order valence-electron chi connectivity index (χ4n) is 2.90. The molecule has 1 aromatic heterocycles. The van der Waals surface area contributed by atoms with Gasteiger partial charge in [-0.2, -0.15) is 0 Å². The number of aromatic nitrogens is 2. The first-order chi connectivity index (χ1) is 13.1. The molecule has 0 amide bonds. The zero-order valence-electron chi connectivity index (χ0n) is 15.9. The maximum Gasteiger partial charge on any atom is 0.225 e. The Labute approximate surface area is 181 Å². The van der Waals surface area contributed by atoms with Crippen molar-refractivity contribution in [1.29, 1.82) is 0 Å². The number of anilines is 1. The SMILES string of the molecule is COc1cc(CN=C(N)N2CCN(c3ncccn3)CC2)cc(OC)c1O.I. The Morgan fingerprint density at radius 3 is 2.21 bits per heavy atom. The van der Waals surface area contributed by atoms with Crippen LogP contribution in [-0.4, -0.2) is 66.3 Å². The number of phenols is 1. The Morgan fingerprint density at radius 2 is 1.68 bits per heavy atom. The van der Waals surface area contributed by atoms with Gasteiger partial charge < -0.3 is 30.1 Å². The Hall–Kier alpha value is -2.50. The van der Waals surface area contributed by atoms with Crippen LogP contribution in [0.3, 0.4) is 0 Å². The molecule has 0 saturated carbocycles. The van der Waals surface area contributed by atoms with Crippen LogP contribution in [0.25, 0.3) is 0 Å². The molecule has 0 radical (unpaired) electrons. The summed E-state index contributed by atoms with van der Waals surface area (Å²) in [4.78, 5) is 17.2. The van der Waals surface area contributed by atoms with Gasteiger partial charge in [-0.25, -0.2) is 15.0 Å². The summed E-state index contributed by atoms with van der Waals surface area (Å²) >= 11 is 0. The summed E-state index contributed by atoms with van der Waals surface area (Å²) in [5.41, 5.74) is 7.00. The third kappa shape index (κ3) is 5.06. The summed E-state index contributed by atoms with van der Waals surface area (Å²) in [5.74, 6) is 1.87. The number of guanidine groups is 1. The monoisotopic (exact) mass is 500 g/mol. The zero-order valence-corrected chi connectivity index (χ0v) is 18.2.